The minimum Gasteiger partial charge on any atom is -0.481 e. The average molecular weight is 257 g/mol. The standard InChI is InChI=1S/C11H19N3O2S/c1-3-14(2)7-6-12-11-13-9(8-17-11)4-5-10(15)16/h8H,3-7H2,1-2H3,(H,12,13)(H,15,16). The zero-order valence-corrected chi connectivity index (χ0v) is 11.1. The lowest BCUT2D eigenvalue weighted by molar-refractivity contribution is -0.136. The van der Waals surface area contributed by atoms with Crippen LogP contribution in [0.15, 0.2) is 5.38 Å². The van der Waals surface area contributed by atoms with Crippen LogP contribution >= 0.6 is 11.3 Å². The number of thiazole rings is 1. The van der Waals surface area contributed by atoms with Gasteiger partial charge in [0.15, 0.2) is 5.13 Å². The maximum Gasteiger partial charge on any atom is 0.303 e. The molecule has 0 spiro atoms. The van der Waals surface area contributed by atoms with E-state index in [2.05, 4.69) is 29.2 Å². The van der Waals surface area contributed by atoms with Crippen LogP contribution < -0.4 is 5.32 Å². The molecule has 0 atom stereocenters. The third-order valence-electron chi connectivity index (χ3n) is 2.46. The monoisotopic (exact) mass is 257 g/mol. The Morgan fingerprint density at radius 3 is 3.06 bits per heavy atom. The lowest BCUT2D eigenvalue weighted by atomic mass is 10.2. The maximum absolute atomic E-state index is 10.4. The van der Waals surface area contributed by atoms with E-state index in [-0.39, 0.29) is 6.42 Å². The molecule has 6 heteroatoms. The van der Waals surface area contributed by atoms with Crippen LogP contribution in [0.2, 0.25) is 0 Å². The molecule has 0 bridgehead atoms. The second-order valence-electron chi connectivity index (χ2n) is 3.86. The predicted molar refractivity (Wildman–Crippen MR) is 69.7 cm³/mol. The van der Waals surface area contributed by atoms with E-state index < -0.39 is 5.97 Å². The van der Waals surface area contributed by atoms with Gasteiger partial charge in [0.2, 0.25) is 0 Å². The van der Waals surface area contributed by atoms with Crippen molar-refractivity contribution in [3.63, 3.8) is 0 Å². The molecule has 0 aliphatic heterocycles. The number of hydrogen-bond acceptors (Lipinski definition) is 5. The molecule has 96 valence electrons. The molecule has 5 nitrogen and oxygen atoms in total. The summed E-state index contributed by atoms with van der Waals surface area (Å²) in [5.41, 5.74) is 0.851. The lowest BCUT2D eigenvalue weighted by Crippen LogP contribution is -2.24. The van der Waals surface area contributed by atoms with E-state index in [1.165, 1.54) is 11.3 Å². The highest BCUT2D eigenvalue weighted by Crippen LogP contribution is 2.16. The van der Waals surface area contributed by atoms with Gasteiger partial charge in [0, 0.05) is 24.9 Å². The van der Waals surface area contributed by atoms with E-state index in [4.69, 9.17) is 5.11 Å². The first-order chi connectivity index (χ1) is 8.11. The van der Waals surface area contributed by atoms with Gasteiger partial charge in [-0.15, -0.1) is 11.3 Å². The Morgan fingerprint density at radius 2 is 2.41 bits per heavy atom. The number of carboxylic acid groups (broad SMARTS) is 1. The van der Waals surface area contributed by atoms with E-state index in [0.717, 1.165) is 30.5 Å². The van der Waals surface area contributed by atoms with Crippen LogP contribution in [0.1, 0.15) is 19.0 Å². The number of likely N-dealkylation sites (N-methyl/N-ethyl adjacent to an activating group) is 1. The minimum absolute atomic E-state index is 0.141. The van der Waals surface area contributed by atoms with Gasteiger partial charge in [-0.3, -0.25) is 4.79 Å². The van der Waals surface area contributed by atoms with Crippen LogP contribution in [0, 0.1) is 0 Å². The van der Waals surface area contributed by atoms with Crippen molar-refractivity contribution in [3.8, 4) is 0 Å². The second kappa shape index (κ2) is 7.24. The Balaban J connectivity index is 2.28. The first-order valence-corrected chi connectivity index (χ1v) is 6.58. The average Bonchev–Trinajstić information content (AvgIpc) is 2.74. The molecule has 0 saturated heterocycles. The Labute approximate surface area is 105 Å². The molecule has 0 fully saturated rings. The number of rotatable bonds is 8. The SMILES string of the molecule is CCN(C)CCNc1nc(CCC(=O)O)cs1. The van der Waals surface area contributed by atoms with Crippen molar-refractivity contribution in [1.29, 1.82) is 0 Å². The van der Waals surface area contributed by atoms with Gasteiger partial charge in [-0.1, -0.05) is 6.92 Å². The van der Waals surface area contributed by atoms with Crippen molar-refractivity contribution in [2.45, 2.75) is 19.8 Å². The van der Waals surface area contributed by atoms with Crippen molar-refractivity contribution in [1.82, 2.24) is 9.88 Å². The van der Waals surface area contributed by atoms with Gasteiger partial charge in [0.1, 0.15) is 0 Å². The van der Waals surface area contributed by atoms with Gasteiger partial charge in [-0.05, 0) is 13.6 Å². The van der Waals surface area contributed by atoms with Crippen molar-refractivity contribution in [2.75, 3.05) is 32.0 Å². The van der Waals surface area contributed by atoms with Gasteiger partial charge >= 0.3 is 5.97 Å². The van der Waals surface area contributed by atoms with Crippen LogP contribution in [-0.4, -0.2) is 47.6 Å². The number of nitrogens with one attached hydrogen (secondary N) is 1. The molecule has 17 heavy (non-hydrogen) atoms. The minimum atomic E-state index is -0.780. The number of aliphatic carboxylic acids is 1. The summed E-state index contributed by atoms with van der Waals surface area (Å²) in [5, 5.41) is 14.6. The normalized spacial score (nSPS) is 10.8. The number of hydrogen-bond donors (Lipinski definition) is 2. The van der Waals surface area contributed by atoms with E-state index in [1.54, 1.807) is 0 Å². The Hall–Kier alpha value is -1.14. The summed E-state index contributed by atoms with van der Waals surface area (Å²) < 4.78 is 0. The van der Waals surface area contributed by atoms with Crippen LogP contribution in [0.5, 0.6) is 0 Å². The largest absolute Gasteiger partial charge is 0.481 e. The van der Waals surface area contributed by atoms with Gasteiger partial charge in [-0.2, -0.15) is 0 Å². The summed E-state index contributed by atoms with van der Waals surface area (Å²) in [7, 11) is 2.07. The van der Waals surface area contributed by atoms with E-state index in [1.807, 2.05) is 5.38 Å². The molecule has 2 N–H and O–H groups in total. The highest BCUT2D eigenvalue weighted by atomic mass is 32.1. The van der Waals surface area contributed by atoms with Gasteiger partial charge in [0.05, 0.1) is 12.1 Å². The lowest BCUT2D eigenvalue weighted by Gasteiger charge is -2.13. The van der Waals surface area contributed by atoms with Crippen LogP contribution in [0.4, 0.5) is 5.13 Å². The molecule has 1 heterocycles. The summed E-state index contributed by atoms with van der Waals surface area (Å²) in [6, 6.07) is 0. The first-order valence-electron chi connectivity index (χ1n) is 5.70. The Morgan fingerprint density at radius 1 is 1.65 bits per heavy atom. The van der Waals surface area contributed by atoms with Crippen molar-refractivity contribution in [3.05, 3.63) is 11.1 Å². The van der Waals surface area contributed by atoms with E-state index in [9.17, 15) is 4.79 Å². The number of anilines is 1. The highest BCUT2D eigenvalue weighted by Gasteiger charge is 2.04. The maximum atomic E-state index is 10.4. The molecule has 0 aliphatic rings. The van der Waals surface area contributed by atoms with Gasteiger partial charge in [-0.25, -0.2) is 4.98 Å². The van der Waals surface area contributed by atoms with E-state index >= 15 is 0 Å². The quantitative estimate of drug-likeness (QED) is 0.739. The van der Waals surface area contributed by atoms with Crippen molar-refractivity contribution < 1.29 is 9.90 Å². The molecule has 0 radical (unpaired) electrons. The highest BCUT2D eigenvalue weighted by molar-refractivity contribution is 7.13. The second-order valence-corrected chi connectivity index (χ2v) is 4.72. The van der Waals surface area contributed by atoms with Gasteiger partial charge in [0.25, 0.3) is 0 Å². The molecule has 0 saturated carbocycles. The third-order valence-corrected chi connectivity index (χ3v) is 3.31. The molecule has 1 rings (SSSR count). The topological polar surface area (TPSA) is 65.5 Å². The first kappa shape index (κ1) is 13.9. The Kier molecular flexibility index (Phi) is 5.93. The fraction of sp³-hybridized carbons (Fsp3) is 0.636. The summed E-state index contributed by atoms with van der Waals surface area (Å²) in [4.78, 5) is 17.0. The van der Waals surface area contributed by atoms with Crippen LogP contribution in [0.3, 0.4) is 0 Å². The molecule has 0 unspecified atom stereocenters. The Bertz CT molecular complexity index is 354. The number of aryl methyl sites for hydroxylation is 1. The number of carbonyl (C=O) groups is 1. The summed E-state index contributed by atoms with van der Waals surface area (Å²) in [5.74, 6) is -0.780. The van der Waals surface area contributed by atoms with Crippen LogP contribution in [0.25, 0.3) is 0 Å². The van der Waals surface area contributed by atoms with Gasteiger partial charge < -0.3 is 15.3 Å². The molecule has 1 aromatic heterocycles. The molecule has 0 aromatic carbocycles. The number of nitrogens with zero attached hydrogens (tertiary/aromatic N) is 2. The molecular weight excluding hydrogens is 238 g/mol. The summed E-state index contributed by atoms with van der Waals surface area (Å²) >= 11 is 1.53. The zero-order valence-electron chi connectivity index (χ0n) is 10.3. The molecule has 0 aliphatic carbocycles. The van der Waals surface area contributed by atoms with Crippen molar-refractivity contribution >= 4 is 22.4 Å². The summed E-state index contributed by atoms with van der Waals surface area (Å²) in [6.07, 6.45) is 0.643. The van der Waals surface area contributed by atoms with E-state index in [0.29, 0.717) is 6.42 Å². The van der Waals surface area contributed by atoms with Crippen LogP contribution in [-0.2, 0) is 11.2 Å². The third kappa shape index (κ3) is 5.65. The fourth-order valence-electron chi connectivity index (χ4n) is 1.25. The zero-order chi connectivity index (χ0) is 12.7. The molecule has 0 amide bonds. The van der Waals surface area contributed by atoms with Crippen molar-refractivity contribution in [2.24, 2.45) is 0 Å². The molecule has 1 aromatic rings. The number of aromatic nitrogens is 1. The molecular formula is C11H19N3O2S. The number of carboxylic acids is 1. The fourth-order valence-corrected chi connectivity index (χ4v) is 2.02. The smallest absolute Gasteiger partial charge is 0.303 e. The predicted octanol–water partition coefficient (Wildman–Crippen LogP) is 1.52. The summed E-state index contributed by atoms with van der Waals surface area (Å²) in [6.45, 7) is 4.98.